The maximum absolute atomic E-state index is 6.10. The van der Waals surface area contributed by atoms with Crippen molar-refractivity contribution in [2.24, 2.45) is 4.99 Å². The van der Waals surface area contributed by atoms with Crippen molar-refractivity contribution in [3.05, 3.63) is 70.3 Å². The highest BCUT2D eigenvalue weighted by atomic mass is 35.5. The van der Waals surface area contributed by atoms with Crippen molar-refractivity contribution >= 4 is 17.3 Å². The van der Waals surface area contributed by atoms with Gasteiger partial charge in [0.15, 0.2) is 5.82 Å². The second-order valence-corrected chi connectivity index (χ2v) is 7.05. The average Bonchev–Trinajstić information content (AvgIpc) is 3.00. The number of ether oxygens (including phenoxy) is 1. The van der Waals surface area contributed by atoms with Crippen molar-refractivity contribution in [2.45, 2.75) is 32.7 Å². The van der Waals surface area contributed by atoms with E-state index in [0.717, 1.165) is 52.8 Å². The van der Waals surface area contributed by atoms with Gasteiger partial charge in [0, 0.05) is 16.1 Å². The molecule has 0 bridgehead atoms. The number of nitrogens with zero attached hydrogens (tertiary/aromatic N) is 4. The minimum Gasteiger partial charge on any atom is -0.497 e. The Hall–Kier alpha value is -2.66. The van der Waals surface area contributed by atoms with E-state index in [9.17, 15) is 0 Å². The molecule has 1 aliphatic rings. The van der Waals surface area contributed by atoms with Gasteiger partial charge in [0.25, 0.3) is 0 Å². The summed E-state index contributed by atoms with van der Waals surface area (Å²) in [7, 11) is 1.67. The summed E-state index contributed by atoms with van der Waals surface area (Å²) in [5, 5.41) is 9.48. The number of benzene rings is 2. The Morgan fingerprint density at radius 1 is 1.11 bits per heavy atom. The van der Waals surface area contributed by atoms with Gasteiger partial charge in [-0.3, -0.25) is 9.56 Å². The molecule has 0 spiro atoms. The molecule has 0 radical (unpaired) electrons. The van der Waals surface area contributed by atoms with Gasteiger partial charge in [0.1, 0.15) is 17.6 Å². The van der Waals surface area contributed by atoms with E-state index in [1.807, 2.05) is 49.4 Å². The van der Waals surface area contributed by atoms with Crippen molar-refractivity contribution < 1.29 is 4.74 Å². The van der Waals surface area contributed by atoms with Crippen LogP contribution >= 0.6 is 11.6 Å². The maximum atomic E-state index is 6.10. The van der Waals surface area contributed by atoms with Gasteiger partial charge in [-0.2, -0.15) is 0 Å². The molecule has 0 unspecified atom stereocenters. The molecule has 6 heteroatoms. The lowest BCUT2D eigenvalue weighted by Gasteiger charge is -2.14. The monoisotopic (exact) mass is 380 g/mol. The second kappa shape index (κ2) is 7.16. The van der Waals surface area contributed by atoms with Gasteiger partial charge in [0.05, 0.1) is 18.5 Å². The fourth-order valence-corrected chi connectivity index (χ4v) is 3.63. The number of hydrogen-bond donors (Lipinski definition) is 0. The third kappa shape index (κ3) is 3.12. The van der Waals surface area contributed by atoms with Crippen LogP contribution in [0.3, 0.4) is 0 Å². The molecule has 138 valence electrons. The zero-order valence-corrected chi connectivity index (χ0v) is 16.4. The number of hydrogen-bond acceptors (Lipinski definition) is 4. The molecule has 1 aromatic heterocycles. The SMILES string of the molecule is CCC[C@@H]1N=C(c2ccc(Cl)cc2)c2cc(OC)ccc2-n2c(C)nnc21. The molecule has 3 aromatic rings. The van der Waals surface area contributed by atoms with Gasteiger partial charge in [-0.15, -0.1) is 10.2 Å². The van der Waals surface area contributed by atoms with Gasteiger partial charge in [-0.05, 0) is 43.7 Å². The summed E-state index contributed by atoms with van der Waals surface area (Å²) in [6, 6.07) is 13.8. The molecule has 27 heavy (non-hydrogen) atoms. The molecule has 0 amide bonds. The molecule has 0 saturated heterocycles. The predicted octanol–water partition coefficient (Wildman–Crippen LogP) is 4.93. The van der Waals surface area contributed by atoms with Crippen LogP contribution in [0.4, 0.5) is 0 Å². The van der Waals surface area contributed by atoms with Crippen LogP contribution in [0.5, 0.6) is 5.75 Å². The number of fused-ring (bicyclic) bond motifs is 3. The normalized spacial score (nSPS) is 15.6. The number of rotatable bonds is 4. The summed E-state index contributed by atoms with van der Waals surface area (Å²) < 4.78 is 7.59. The number of aliphatic imine (C=N–C) groups is 1. The Morgan fingerprint density at radius 2 is 1.89 bits per heavy atom. The number of aromatic nitrogens is 3. The van der Waals surface area contributed by atoms with Crippen molar-refractivity contribution in [3.8, 4) is 11.4 Å². The summed E-state index contributed by atoms with van der Waals surface area (Å²) in [4.78, 5) is 5.13. The smallest absolute Gasteiger partial charge is 0.162 e. The Morgan fingerprint density at radius 3 is 2.59 bits per heavy atom. The molecule has 4 rings (SSSR count). The lowest BCUT2D eigenvalue weighted by molar-refractivity contribution is 0.414. The van der Waals surface area contributed by atoms with E-state index in [-0.39, 0.29) is 6.04 Å². The fourth-order valence-electron chi connectivity index (χ4n) is 3.51. The Labute approximate surface area is 163 Å². The lowest BCUT2D eigenvalue weighted by Crippen LogP contribution is -2.08. The van der Waals surface area contributed by atoms with Crippen LogP contribution in [0.1, 0.15) is 48.6 Å². The van der Waals surface area contributed by atoms with E-state index < -0.39 is 0 Å². The highest BCUT2D eigenvalue weighted by Crippen LogP contribution is 2.34. The van der Waals surface area contributed by atoms with Crippen molar-refractivity contribution in [3.63, 3.8) is 0 Å². The minimum absolute atomic E-state index is 0.0553. The molecule has 0 aliphatic carbocycles. The van der Waals surface area contributed by atoms with Crippen LogP contribution in [-0.4, -0.2) is 27.6 Å². The Kier molecular flexibility index (Phi) is 4.70. The topological polar surface area (TPSA) is 52.3 Å². The van der Waals surface area contributed by atoms with Gasteiger partial charge in [-0.25, -0.2) is 0 Å². The van der Waals surface area contributed by atoms with Gasteiger partial charge < -0.3 is 4.74 Å². The number of halogens is 1. The fraction of sp³-hybridized carbons (Fsp3) is 0.286. The molecule has 1 atom stereocenters. The standard InChI is InChI=1S/C21H21ClN4O/c1-4-5-18-21-25-24-13(2)26(21)19-11-10-16(27-3)12-17(19)20(23-18)14-6-8-15(22)9-7-14/h6-12,18H,4-5H2,1-3H3/t18-/m0/s1. The molecule has 0 saturated carbocycles. The molecule has 0 N–H and O–H groups in total. The minimum atomic E-state index is -0.0553. The molecule has 2 aromatic carbocycles. The van der Waals surface area contributed by atoms with Crippen molar-refractivity contribution in [1.29, 1.82) is 0 Å². The second-order valence-electron chi connectivity index (χ2n) is 6.61. The van der Waals surface area contributed by atoms with E-state index in [2.05, 4.69) is 21.7 Å². The van der Waals surface area contributed by atoms with E-state index >= 15 is 0 Å². The maximum Gasteiger partial charge on any atom is 0.162 e. The summed E-state index contributed by atoms with van der Waals surface area (Å²) in [6.45, 7) is 4.13. The molecule has 0 fully saturated rings. The van der Waals surface area contributed by atoms with Crippen LogP contribution in [-0.2, 0) is 0 Å². The quantitative estimate of drug-likeness (QED) is 0.644. The zero-order chi connectivity index (χ0) is 19.0. The third-order valence-electron chi connectivity index (χ3n) is 4.81. The summed E-state index contributed by atoms with van der Waals surface area (Å²) in [5.74, 6) is 2.52. The highest BCUT2D eigenvalue weighted by molar-refractivity contribution is 6.30. The van der Waals surface area contributed by atoms with Crippen molar-refractivity contribution in [1.82, 2.24) is 14.8 Å². The van der Waals surface area contributed by atoms with Crippen LogP contribution in [0.25, 0.3) is 5.69 Å². The first kappa shape index (κ1) is 17.7. The lowest BCUT2D eigenvalue weighted by atomic mass is 10.00. The van der Waals surface area contributed by atoms with Crippen LogP contribution in [0.2, 0.25) is 5.02 Å². The van der Waals surface area contributed by atoms with Crippen LogP contribution < -0.4 is 4.74 Å². The summed E-state index contributed by atoms with van der Waals surface area (Å²) >= 11 is 6.10. The third-order valence-corrected chi connectivity index (χ3v) is 5.06. The van der Waals surface area contributed by atoms with Gasteiger partial charge in [-0.1, -0.05) is 37.1 Å². The summed E-state index contributed by atoms with van der Waals surface area (Å²) in [5.41, 5.74) is 3.95. The molecule has 1 aliphatic heterocycles. The highest BCUT2D eigenvalue weighted by Gasteiger charge is 2.27. The first-order chi connectivity index (χ1) is 13.1. The van der Waals surface area contributed by atoms with Gasteiger partial charge in [0.2, 0.25) is 0 Å². The van der Waals surface area contributed by atoms with E-state index in [1.54, 1.807) is 7.11 Å². The van der Waals surface area contributed by atoms with Crippen molar-refractivity contribution in [2.75, 3.05) is 7.11 Å². The zero-order valence-electron chi connectivity index (χ0n) is 15.6. The van der Waals surface area contributed by atoms with Crippen LogP contribution in [0.15, 0.2) is 47.5 Å². The molecular weight excluding hydrogens is 360 g/mol. The first-order valence-electron chi connectivity index (χ1n) is 9.06. The Balaban J connectivity index is 2.01. The molecule has 2 heterocycles. The van der Waals surface area contributed by atoms with Gasteiger partial charge >= 0.3 is 0 Å². The van der Waals surface area contributed by atoms with E-state index in [0.29, 0.717) is 5.02 Å². The predicted molar refractivity (Wildman–Crippen MR) is 107 cm³/mol. The molecular formula is C21H21ClN4O. The largest absolute Gasteiger partial charge is 0.497 e. The number of aryl methyl sites for hydroxylation is 1. The van der Waals surface area contributed by atoms with E-state index in [1.165, 1.54) is 0 Å². The van der Waals surface area contributed by atoms with Crippen LogP contribution in [0, 0.1) is 6.92 Å². The number of methoxy groups -OCH3 is 1. The first-order valence-corrected chi connectivity index (χ1v) is 9.44. The molecule has 5 nitrogen and oxygen atoms in total. The Bertz CT molecular complexity index is 1010. The average molecular weight is 381 g/mol. The summed E-state index contributed by atoms with van der Waals surface area (Å²) in [6.07, 6.45) is 1.91. The van der Waals surface area contributed by atoms with E-state index in [4.69, 9.17) is 21.3 Å².